The fourth-order valence-corrected chi connectivity index (χ4v) is 2.05. The highest BCUT2D eigenvalue weighted by Gasteiger charge is 2.05. The van der Waals surface area contributed by atoms with Crippen LogP contribution in [0.1, 0.15) is 0 Å². The van der Waals surface area contributed by atoms with E-state index in [1.54, 1.807) is 13.3 Å². The van der Waals surface area contributed by atoms with Gasteiger partial charge in [-0.15, -0.1) is 0 Å². The van der Waals surface area contributed by atoms with Crippen LogP contribution in [-0.2, 0) is 4.74 Å². The Balaban J connectivity index is 2.33. The number of hydrogen-bond acceptors (Lipinski definition) is 3. The fraction of sp³-hybridized carbons (Fsp3) is 0.154. The minimum atomic E-state index is 0.252. The smallest absolute Gasteiger partial charge is 0.188 e. The van der Waals surface area contributed by atoms with E-state index in [0.29, 0.717) is 0 Å². The van der Waals surface area contributed by atoms with Gasteiger partial charge in [0.05, 0.1) is 5.69 Å². The molecule has 0 saturated carbocycles. The number of nitrogens with zero attached hydrogens (tertiary/aromatic N) is 1. The number of hydrogen-bond donors (Lipinski definition) is 0. The van der Waals surface area contributed by atoms with Crippen molar-refractivity contribution in [2.24, 2.45) is 0 Å². The molecule has 0 N–H and O–H groups in total. The highest BCUT2D eigenvalue weighted by molar-refractivity contribution is 14.1. The lowest BCUT2D eigenvalue weighted by molar-refractivity contribution is 0.0511. The molecule has 88 valence electrons. The summed E-state index contributed by atoms with van der Waals surface area (Å²) in [6.07, 6.45) is 1.79. The average Bonchev–Trinajstić information content (AvgIpc) is 2.39. The predicted molar refractivity (Wildman–Crippen MR) is 74.9 cm³/mol. The normalized spacial score (nSPS) is 10.2. The molecular formula is C13H12INO2. The number of benzene rings is 1. The first kappa shape index (κ1) is 12.3. The molecule has 1 aromatic heterocycles. The van der Waals surface area contributed by atoms with Crippen LogP contribution in [0.2, 0.25) is 0 Å². The average molecular weight is 341 g/mol. The molecule has 0 aliphatic carbocycles. The molecule has 3 nitrogen and oxygen atoms in total. The van der Waals surface area contributed by atoms with Crippen LogP contribution in [0.5, 0.6) is 5.75 Å². The largest absolute Gasteiger partial charge is 0.468 e. The fourth-order valence-electron chi connectivity index (χ4n) is 1.44. The summed E-state index contributed by atoms with van der Waals surface area (Å²) < 4.78 is 11.4. The van der Waals surface area contributed by atoms with E-state index in [-0.39, 0.29) is 6.79 Å². The minimum absolute atomic E-state index is 0.252. The summed E-state index contributed by atoms with van der Waals surface area (Å²) in [4.78, 5) is 4.34. The summed E-state index contributed by atoms with van der Waals surface area (Å²) in [5, 5.41) is 0. The SMILES string of the molecule is COCOc1ccc(I)c(-c2ccccn2)c1. The van der Waals surface area contributed by atoms with Gasteiger partial charge in [-0.2, -0.15) is 0 Å². The number of pyridine rings is 1. The molecule has 0 radical (unpaired) electrons. The first-order chi connectivity index (χ1) is 8.31. The van der Waals surface area contributed by atoms with Gasteiger partial charge < -0.3 is 9.47 Å². The van der Waals surface area contributed by atoms with Crippen molar-refractivity contribution in [3.05, 3.63) is 46.2 Å². The van der Waals surface area contributed by atoms with Crippen LogP contribution in [0, 0.1) is 3.57 Å². The molecule has 0 spiro atoms. The Morgan fingerprint density at radius 1 is 1.24 bits per heavy atom. The maximum absolute atomic E-state index is 5.42. The van der Waals surface area contributed by atoms with Crippen LogP contribution in [0.25, 0.3) is 11.3 Å². The third-order valence-electron chi connectivity index (χ3n) is 2.22. The number of aromatic nitrogens is 1. The number of rotatable bonds is 4. The van der Waals surface area contributed by atoms with Crippen LogP contribution >= 0.6 is 22.6 Å². The molecule has 4 heteroatoms. The molecule has 0 aliphatic heterocycles. The molecule has 2 aromatic rings. The molecule has 1 aromatic carbocycles. The molecule has 2 rings (SSSR count). The maximum atomic E-state index is 5.42. The third kappa shape index (κ3) is 3.17. The number of halogens is 1. The van der Waals surface area contributed by atoms with Gasteiger partial charge in [0, 0.05) is 22.4 Å². The van der Waals surface area contributed by atoms with E-state index >= 15 is 0 Å². The van der Waals surface area contributed by atoms with E-state index < -0.39 is 0 Å². The second-order valence-corrected chi connectivity index (χ2v) is 4.57. The zero-order valence-corrected chi connectivity index (χ0v) is 11.5. The van der Waals surface area contributed by atoms with Crippen molar-refractivity contribution in [2.75, 3.05) is 13.9 Å². The van der Waals surface area contributed by atoms with Crippen molar-refractivity contribution >= 4 is 22.6 Å². The minimum Gasteiger partial charge on any atom is -0.468 e. The molecule has 0 atom stereocenters. The number of ether oxygens (including phenoxy) is 2. The molecule has 0 fully saturated rings. The van der Waals surface area contributed by atoms with E-state index in [4.69, 9.17) is 9.47 Å². The molecule has 17 heavy (non-hydrogen) atoms. The van der Waals surface area contributed by atoms with Gasteiger partial charge in [0.2, 0.25) is 0 Å². The van der Waals surface area contributed by atoms with Gasteiger partial charge >= 0.3 is 0 Å². The summed E-state index contributed by atoms with van der Waals surface area (Å²) in [5.41, 5.74) is 2.01. The van der Waals surface area contributed by atoms with Gasteiger partial charge in [0.15, 0.2) is 6.79 Å². The standard InChI is InChI=1S/C13H12INO2/c1-16-9-17-10-5-6-12(14)11(8-10)13-4-2-3-7-15-13/h2-8H,9H2,1H3. The Labute approximate surface area is 114 Å². The van der Waals surface area contributed by atoms with Gasteiger partial charge in [0.1, 0.15) is 5.75 Å². The van der Waals surface area contributed by atoms with Gasteiger partial charge in [0.25, 0.3) is 0 Å². The van der Waals surface area contributed by atoms with Crippen LogP contribution < -0.4 is 4.74 Å². The molecule has 0 aliphatic rings. The van der Waals surface area contributed by atoms with Gasteiger partial charge in [-0.1, -0.05) is 6.07 Å². The van der Waals surface area contributed by atoms with Crippen molar-refractivity contribution < 1.29 is 9.47 Å². The second-order valence-electron chi connectivity index (χ2n) is 3.41. The van der Waals surface area contributed by atoms with Gasteiger partial charge in [-0.3, -0.25) is 4.98 Å². The zero-order valence-electron chi connectivity index (χ0n) is 9.39. The lowest BCUT2D eigenvalue weighted by Crippen LogP contribution is -1.99. The van der Waals surface area contributed by atoms with E-state index in [1.807, 2.05) is 36.4 Å². The Bertz CT molecular complexity index is 488. The van der Waals surface area contributed by atoms with Crippen molar-refractivity contribution in [2.45, 2.75) is 0 Å². The van der Waals surface area contributed by atoms with Crippen molar-refractivity contribution in [3.8, 4) is 17.0 Å². The summed E-state index contributed by atoms with van der Waals surface area (Å²) in [7, 11) is 1.60. The molecule has 0 saturated heterocycles. The Kier molecular flexibility index (Phi) is 4.33. The molecule has 0 amide bonds. The Morgan fingerprint density at radius 2 is 2.12 bits per heavy atom. The highest BCUT2D eigenvalue weighted by Crippen LogP contribution is 2.27. The number of methoxy groups -OCH3 is 1. The summed E-state index contributed by atoms with van der Waals surface area (Å²) in [6.45, 7) is 0.252. The predicted octanol–water partition coefficient (Wildman–Crippen LogP) is 3.34. The van der Waals surface area contributed by atoms with E-state index in [9.17, 15) is 0 Å². The summed E-state index contributed by atoms with van der Waals surface area (Å²) in [6, 6.07) is 11.8. The summed E-state index contributed by atoms with van der Waals surface area (Å²) >= 11 is 2.29. The van der Waals surface area contributed by atoms with Crippen molar-refractivity contribution in [1.82, 2.24) is 4.98 Å². The first-order valence-corrected chi connectivity index (χ1v) is 6.22. The van der Waals surface area contributed by atoms with E-state index in [0.717, 1.165) is 20.6 Å². The molecular weight excluding hydrogens is 329 g/mol. The second kappa shape index (κ2) is 5.97. The van der Waals surface area contributed by atoms with Crippen molar-refractivity contribution in [3.63, 3.8) is 0 Å². The zero-order chi connectivity index (χ0) is 12.1. The quantitative estimate of drug-likeness (QED) is 0.631. The maximum Gasteiger partial charge on any atom is 0.188 e. The highest BCUT2D eigenvalue weighted by atomic mass is 127. The molecule has 0 bridgehead atoms. The van der Waals surface area contributed by atoms with Crippen LogP contribution in [0.4, 0.5) is 0 Å². The monoisotopic (exact) mass is 341 g/mol. The lowest BCUT2D eigenvalue weighted by Gasteiger charge is -2.08. The summed E-state index contributed by atoms with van der Waals surface area (Å²) in [5.74, 6) is 0.785. The molecule has 1 heterocycles. The van der Waals surface area contributed by atoms with Crippen LogP contribution in [0.15, 0.2) is 42.6 Å². The Hall–Kier alpha value is -1.14. The van der Waals surface area contributed by atoms with Crippen molar-refractivity contribution in [1.29, 1.82) is 0 Å². The lowest BCUT2D eigenvalue weighted by atomic mass is 10.1. The third-order valence-corrected chi connectivity index (χ3v) is 3.16. The van der Waals surface area contributed by atoms with Crippen LogP contribution in [0.3, 0.4) is 0 Å². The van der Waals surface area contributed by atoms with Crippen LogP contribution in [-0.4, -0.2) is 18.9 Å². The van der Waals surface area contributed by atoms with Gasteiger partial charge in [-0.05, 0) is 52.9 Å². The molecule has 0 unspecified atom stereocenters. The Morgan fingerprint density at radius 3 is 2.82 bits per heavy atom. The van der Waals surface area contributed by atoms with E-state index in [2.05, 4.69) is 27.6 Å². The van der Waals surface area contributed by atoms with E-state index in [1.165, 1.54) is 0 Å². The van der Waals surface area contributed by atoms with Gasteiger partial charge in [-0.25, -0.2) is 0 Å². The topological polar surface area (TPSA) is 31.4 Å². The first-order valence-electron chi connectivity index (χ1n) is 5.14.